The molecule has 1 aromatic heterocycles. The number of hydrazone groups is 1. The average molecular weight is 349 g/mol. The number of aryl methyl sites for hydroxylation is 1. The lowest BCUT2D eigenvalue weighted by molar-refractivity contribution is 0.0605. The van der Waals surface area contributed by atoms with Crippen LogP contribution in [-0.4, -0.2) is 38.0 Å². The van der Waals surface area contributed by atoms with Gasteiger partial charge in [-0.2, -0.15) is 5.10 Å². The highest BCUT2D eigenvalue weighted by Crippen LogP contribution is 2.30. The van der Waals surface area contributed by atoms with Crippen molar-refractivity contribution in [3.8, 4) is 11.5 Å². The number of carbonyl (C=O) groups excluding carboxylic acids is 1. The topological polar surface area (TPSA) is 82.0 Å². The fourth-order valence-electron chi connectivity index (χ4n) is 1.98. The summed E-state index contributed by atoms with van der Waals surface area (Å²) in [6.45, 7) is 4.16. The van der Waals surface area contributed by atoms with E-state index >= 15 is 0 Å². The van der Waals surface area contributed by atoms with E-state index in [-0.39, 0.29) is 0 Å². The van der Waals surface area contributed by atoms with E-state index in [4.69, 9.17) is 14.2 Å². The molecule has 0 saturated heterocycles. The van der Waals surface area contributed by atoms with E-state index in [0.717, 1.165) is 5.56 Å². The van der Waals surface area contributed by atoms with Gasteiger partial charge >= 0.3 is 5.97 Å². The summed E-state index contributed by atoms with van der Waals surface area (Å²) >= 11 is 1.18. The summed E-state index contributed by atoms with van der Waals surface area (Å²) in [6.07, 6.45) is 1.61. The van der Waals surface area contributed by atoms with Crippen molar-refractivity contribution in [1.82, 2.24) is 4.98 Å². The van der Waals surface area contributed by atoms with Crippen LogP contribution in [0.5, 0.6) is 11.5 Å². The Hall–Kier alpha value is -2.61. The molecule has 8 heteroatoms. The fourth-order valence-corrected chi connectivity index (χ4v) is 2.81. The zero-order chi connectivity index (χ0) is 17.5. The van der Waals surface area contributed by atoms with E-state index in [1.165, 1.54) is 18.4 Å². The first-order chi connectivity index (χ1) is 11.6. The van der Waals surface area contributed by atoms with Crippen LogP contribution in [0.4, 0.5) is 5.13 Å². The van der Waals surface area contributed by atoms with Crippen LogP contribution in [0.15, 0.2) is 23.3 Å². The number of thiazole rings is 1. The third kappa shape index (κ3) is 4.02. The lowest BCUT2D eigenvalue weighted by Crippen LogP contribution is -2.00. The van der Waals surface area contributed by atoms with Gasteiger partial charge in [-0.05, 0) is 26.0 Å². The number of hydrogen-bond acceptors (Lipinski definition) is 8. The molecule has 0 atom stereocenters. The molecule has 2 aromatic rings. The first-order valence-corrected chi connectivity index (χ1v) is 8.07. The minimum Gasteiger partial charge on any atom is -0.493 e. The molecule has 0 spiro atoms. The van der Waals surface area contributed by atoms with Crippen molar-refractivity contribution in [2.24, 2.45) is 5.10 Å². The third-order valence-electron chi connectivity index (χ3n) is 3.05. The summed E-state index contributed by atoms with van der Waals surface area (Å²) in [4.78, 5) is 16.3. The van der Waals surface area contributed by atoms with E-state index in [0.29, 0.717) is 33.8 Å². The predicted molar refractivity (Wildman–Crippen MR) is 93.6 cm³/mol. The second-order valence-electron chi connectivity index (χ2n) is 4.61. The number of nitrogens with one attached hydrogen (secondary N) is 1. The lowest BCUT2D eigenvalue weighted by Gasteiger charge is -2.11. The molecule has 0 radical (unpaired) electrons. The van der Waals surface area contributed by atoms with Crippen LogP contribution in [0.3, 0.4) is 0 Å². The maximum absolute atomic E-state index is 11.6. The van der Waals surface area contributed by atoms with E-state index in [1.807, 2.05) is 25.1 Å². The molecule has 7 nitrogen and oxygen atoms in total. The fraction of sp³-hybridized carbons (Fsp3) is 0.312. The van der Waals surface area contributed by atoms with Gasteiger partial charge in [-0.3, -0.25) is 5.43 Å². The number of para-hydroxylation sites is 1. The van der Waals surface area contributed by atoms with Gasteiger partial charge in [-0.15, -0.1) is 0 Å². The zero-order valence-corrected chi connectivity index (χ0v) is 14.8. The minimum absolute atomic E-state index is 0.409. The van der Waals surface area contributed by atoms with Crippen molar-refractivity contribution in [1.29, 1.82) is 0 Å². The van der Waals surface area contributed by atoms with Crippen LogP contribution in [-0.2, 0) is 4.74 Å². The molecule has 0 fully saturated rings. The van der Waals surface area contributed by atoms with Crippen molar-refractivity contribution >= 4 is 28.7 Å². The van der Waals surface area contributed by atoms with Gasteiger partial charge in [-0.25, -0.2) is 9.78 Å². The Balaban J connectivity index is 2.16. The van der Waals surface area contributed by atoms with E-state index in [9.17, 15) is 4.79 Å². The number of esters is 1. The van der Waals surface area contributed by atoms with Crippen LogP contribution in [0.1, 0.15) is 27.9 Å². The highest BCUT2D eigenvalue weighted by atomic mass is 32.1. The standard InChI is InChI=1S/C16H19N3O4S/c1-5-23-13-11(7-6-8-12(13)21-3)9-17-19-16-18-10(2)14(24-16)15(20)22-4/h6-9H,5H2,1-4H3,(H,18,19)/b17-9-. The molecule has 1 aromatic carbocycles. The van der Waals surface area contributed by atoms with Gasteiger partial charge in [-0.1, -0.05) is 17.4 Å². The monoisotopic (exact) mass is 349 g/mol. The molecular weight excluding hydrogens is 330 g/mol. The number of nitrogens with zero attached hydrogens (tertiary/aromatic N) is 2. The Bertz CT molecular complexity index is 743. The Morgan fingerprint density at radius 1 is 1.42 bits per heavy atom. The predicted octanol–water partition coefficient (Wildman–Crippen LogP) is 3.09. The molecule has 1 heterocycles. The second kappa shape index (κ2) is 8.30. The largest absolute Gasteiger partial charge is 0.493 e. The second-order valence-corrected chi connectivity index (χ2v) is 5.61. The smallest absolute Gasteiger partial charge is 0.350 e. The summed E-state index contributed by atoms with van der Waals surface area (Å²) < 4.78 is 15.6. The molecule has 128 valence electrons. The maximum atomic E-state index is 11.6. The van der Waals surface area contributed by atoms with Crippen molar-refractivity contribution < 1.29 is 19.0 Å². The van der Waals surface area contributed by atoms with Crippen molar-refractivity contribution in [2.75, 3.05) is 26.3 Å². The van der Waals surface area contributed by atoms with E-state index in [1.54, 1.807) is 20.2 Å². The number of ether oxygens (including phenoxy) is 3. The Kier molecular flexibility index (Phi) is 6.14. The van der Waals surface area contributed by atoms with Gasteiger partial charge in [0.05, 0.1) is 32.7 Å². The Labute approximate surface area is 144 Å². The normalized spacial score (nSPS) is 10.7. The van der Waals surface area contributed by atoms with Crippen molar-refractivity contribution in [2.45, 2.75) is 13.8 Å². The molecule has 0 aliphatic carbocycles. The molecule has 0 amide bonds. The van der Waals surface area contributed by atoms with E-state index < -0.39 is 5.97 Å². The Morgan fingerprint density at radius 2 is 2.21 bits per heavy atom. The van der Waals surface area contributed by atoms with Gasteiger partial charge < -0.3 is 14.2 Å². The number of aromatic nitrogens is 1. The van der Waals surface area contributed by atoms with Crippen LogP contribution in [0, 0.1) is 6.92 Å². The van der Waals surface area contributed by atoms with Gasteiger partial charge in [0.15, 0.2) is 11.5 Å². The number of methoxy groups -OCH3 is 2. The number of benzene rings is 1. The summed E-state index contributed by atoms with van der Waals surface area (Å²) in [6, 6.07) is 5.54. The van der Waals surface area contributed by atoms with Gasteiger partial charge in [0.25, 0.3) is 0 Å². The number of carbonyl (C=O) groups is 1. The van der Waals surface area contributed by atoms with E-state index in [2.05, 4.69) is 15.5 Å². The van der Waals surface area contributed by atoms with Gasteiger partial charge in [0.1, 0.15) is 4.88 Å². The summed E-state index contributed by atoms with van der Waals surface area (Å²) in [5.74, 6) is 0.853. The Morgan fingerprint density at radius 3 is 2.88 bits per heavy atom. The highest BCUT2D eigenvalue weighted by molar-refractivity contribution is 7.17. The average Bonchev–Trinajstić information content (AvgIpc) is 2.96. The molecule has 1 N–H and O–H groups in total. The molecule has 0 saturated carbocycles. The molecule has 0 bridgehead atoms. The summed E-state index contributed by atoms with van der Waals surface area (Å²) in [7, 11) is 2.93. The van der Waals surface area contributed by atoms with Crippen LogP contribution >= 0.6 is 11.3 Å². The van der Waals surface area contributed by atoms with Crippen molar-refractivity contribution in [3.05, 3.63) is 34.3 Å². The minimum atomic E-state index is -0.409. The van der Waals surface area contributed by atoms with Crippen LogP contribution < -0.4 is 14.9 Å². The molecule has 24 heavy (non-hydrogen) atoms. The SMILES string of the molecule is CCOc1c(/C=N\Nc2nc(C)c(C(=O)OC)s2)cccc1OC. The summed E-state index contributed by atoms with van der Waals surface area (Å²) in [5, 5.41) is 4.66. The van der Waals surface area contributed by atoms with Crippen molar-refractivity contribution in [3.63, 3.8) is 0 Å². The first kappa shape index (κ1) is 17.7. The molecule has 0 aliphatic rings. The number of anilines is 1. The molecule has 2 rings (SSSR count). The number of hydrogen-bond donors (Lipinski definition) is 1. The third-order valence-corrected chi connectivity index (χ3v) is 4.09. The van der Waals surface area contributed by atoms with Gasteiger partial charge in [0.2, 0.25) is 5.13 Å². The quantitative estimate of drug-likeness (QED) is 0.470. The van der Waals surface area contributed by atoms with Crippen LogP contribution in [0.2, 0.25) is 0 Å². The molecule has 0 aliphatic heterocycles. The highest BCUT2D eigenvalue weighted by Gasteiger charge is 2.15. The first-order valence-electron chi connectivity index (χ1n) is 7.25. The summed E-state index contributed by atoms with van der Waals surface area (Å²) in [5.41, 5.74) is 4.18. The number of rotatable bonds is 7. The maximum Gasteiger partial charge on any atom is 0.350 e. The molecule has 0 unspecified atom stereocenters. The molecular formula is C16H19N3O4S. The van der Waals surface area contributed by atoms with Crippen LogP contribution in [0.25, 0.3) is 0 Å². The lowest BCUT2D eigenvalue weighted by atomic mass is 10.2. The zero-order valence-electron chi connectivity index (χ0n) is 14.0. The van der Waals surface area contributed by atoms with Gasteiger partial charge in [0, 0.05) is 5.56 Å².